The monoisotopic (exact) mass is 269 g/mol. The van der Waals surface area contributed by atoms with Crippen molar-refractivity contribution in [2.24, 2.45) is 16.1 Å². The Kier molecular flexibility index (Phi) is 4.68. The van der Waals surface area contributed by atoms with E-state index >= 15 is 0 Å². The highest BCUT2D eigenvalue weighted by molar-refractivity contribution is 5.78. The largest absolute Gasteiger partial charge is 0.392 e. The molecule has 3 unspecified atom stereocenters. The van der Waals surface area contributed by atoms with Crippen molar-refractivity contribution >= 4 is 5.96 Å². The van der Waals surface area contributed by atoms with Crippen LogP contribution in [0.4, 0.5) is 0 Å². The molecule has 2 rings (SSSR count). The first kappa shape index (κ1) is 14.6. The molecular formula is C14H27N3O2. The molecule has 1 aliphatic heterocycles. The molecule has 1 aliphatic carbocycles. The lowest BCUT2D eigenvalue weighted by atomic mass is 9.73. The van der Waals surface area contributed by atoms with Gasteiger partial charge < -0.3 is 20.5 Å². The van der Waals surface area contributed by atoms with Crippen LogP contribution in [0.15, 0.2) is 4.99 Å². The van der Waals surface area contributed by atoms with E-state index in [9.17, 15) is 5.11 Å². The number of nitrogens with two attached hydrogens (primary N) is 1. The number of morpholine rings is 1. The molecule has 5 nitrogen and oxygen atoms in total. The molecule has 1 saturated carbocycles. The van der Waals surface area contributed by atoms with Crippen LogP contribution in [0.5, 0.6) is 0 Å². The predicted molar refractivity (Wildman–Crippen MR) is 76.1 cm³/mol. The van der Waals surface area contributed by atoms with E-state index in [0.717, 1.165) is 32.4 Å². The fraction of sp³-hybridized carbons (Fsp3) is 0.929. The first-order valence-electron chi connectivity index (χ1n) is 7.36. The molecular weight excluding hydrogens is 242 g/mol. The average Bonchev–Trinajstić information content (AvgIpc) is 2.40. The second kappa shape index (κ2) is 6.09. The van der Waals surface area contributed by atoms with Crippen molar-refractivity contribution in [1.29, 1.82) is 0 Å². The summed E-state index contributed by atoms with van der Waals surface area (Å²) in [7, 11) is 0. The maximum Gasteiger partial charge on any atom is 0.191 e. The van der Waals surface area contributed by atoms with E-state index in [-0.39, 0.29) is 17.6 Å². The van der Waals surface area contributed by atoms with Gasteiger partial charge in [-0.3, -0.25) is 4.99 Å². The summed E-state index contributed by atoms with van der Waals surface area (Å²) in [6, 6.07) is 0. The van der Waals surface area contributed by atoms with Crippen LogP contribution in [0.25, 0.3) is 0 Å². The summed E-state index contributed by atoms with van der Waals surface area (Å²) in [6.45, 7) is 7.09. The Morgan fingerprint density at radius 1 is 1.53 bits per heavy atom. The fourth-order valence-electron chi connectivity index (χ4n) is 2.95. The van der Waals surface area contributed by atoms with E-state index in [1.807, 2.05) is 6.92 Å². The van der Waals surface area contributed by atoms with Gasteiger partial charge in [0.2, 0.25) is 0 Å². The second-order valence-corrected chi connectivity index (χ2v) is 6.22. The van der Waals surface area contributed by atoms with Crippen molar-refractivity contribution in [3.63, 3.8) is 0 Å². The molecule has 2 fully saturated rings. The van der Waals surface area contributed by atoms with E-state index in [1.54, 1.807) is 0 Å². The van der Waals surface area contributed by atoms with Crippen molar-refractivity contribution in [2.45, 2.75) is 51.7 Å². The average molecular weight is 269 g/mol. The molecule has 2 aliphatic rings. The number of ether oxygens (including phenoxy) is 1. The lowest BCUT2D eigenvalue weighted by Gasteiger charge is -2.38. The van der Waals surface area contributed by atoms with Gasteiger partial charge in [0, 0.05) is 18.5 Å². The first-order valence-corrected chi connectivity index (χ1v) is 7.36. The summed E-state index contributed by atoms with van der Waals surface area (Å²) < 4.78 is 5.50. The van der Waals surface area contributed by atoms with Gasteiger partial charge in [0.15, 0.2) is 5.96 Å². The van der Waals surface area contributed by atoms with Crippen LogP contribution in [-0.2, 0) is 4.74 Å². The van der Waals surface area contributed by atoms with E-state index in [1.165, 1.54) is 6.42 Å². The number of aliphatic imine (C=N–C) groups is 1. The summed E-state index contributed by atoms with van der Waals surface area (Å²) in [6.07, 6.45) is 4.18. The fourth-order valence-corrected chi connectivity index (χ4v) is 2.95. The number of hydrogen-bond donors (Lipinski definition) is 2. The van der Waals surface area contributed by atoms with Crippen molar-refractivity contribution in [1.82, 2.24) is 4.90 Å². The number of aliphatic hydroxyl groups is 1. The number of guanidine groups is 1. The van der Waals surface area contributed by atoms with Gasteiger partial charge in [-0.25, -0.2) is 0 Å². The highest BCUT2D eigenvalue weighted by Gasteiger charge is 2.35. The third-order valence-electron chi connectivity index (χ3n) is 4.45. The molecule has 0 aromatic rings. The highest BCUT2D eigenvalue weighted by atomic mass is 16.5. The van der Waals surface area contributed by atoms with Crippen LogP contribution >= 0.6 is 0 Å². The zero-order valence-corrected chi connectivity index (χ0v) is 12.1. The van der Waals surface area contributed by atoms with E-state index in [4.69, 9.17) is 10.5 Å². The summed E-state index contributed by atoms with van der Waals surface area (Å²) in [5.41, 5.74) is 5.96. The lowest BCUT2D eigenvalue weighted by molar-refractivity contribution is 0.00210. The number of hydrogen-bond acceptors (Lipinski definition) is 3. The van der Waals surface area contributed by atoms with Gasteiger partial charge in [-0.05, 0) is 19.8 Å². The number of aliphatic hydroxyl groups excluding tert-OH is 1. The zero-order chi connectivity index (χ0) is 13.9. The summed E-state index contributed by atoms with van der Waals surface area (Å²) in [5, 5.41) is 10.1. The van der Waals surface area contributed by atoms with Crippen LogP contribution in [0.2, 0.25) is 0 Å². The molecule has 0 amide bonds. The summed E-state index contributed by atoms with van der Waals surface area (Å²) in [5.74, 6) is 0.592. The van der Waals surface area contributed by atoms with Crippen LogP contribution in [0.3, 0.4) is 0 Å². The molecule has 110 valence electrons. The lowest BCUT2D eigenvalue weighted by Crippen LogP contribution is -2.48. The molecule has 0 bridgehead atoms. The van der Waals surface area contributed by atoms with Gasteiger partial charge in [-0.2, -0.15) is 0 Å². The first-order chi connectivity index (χ1) is 9.01. The topological polar surface area (TPSA) is 71.1 Å². The molecule has 0 aromatic heterocycles. The third-order valence-corrected chi connectivity index (χ3v) is 4.45. The molecule has 0 spiro atoms. The van der Waals surface area contributed by atoms with E-state index in [0.29, 0.717) is 19.1 Å². The standard InChI is InChI=1S/C14H27N3O2/c1-11-9-17(7-8-19-11)13(15)16-10-14(2)6-4-3-5-12(14)18/h11-12,18H,3-10H2,1-2H3,(H2,15,16). The Morgan fingerprint density at radius 2 is 2.32 bits per heavy atom. The number of rotatable bonds is 2. The van der Waals surface area contributed by atoms with E-state index in [2.05, 4.69) is 16.8 Å². The summed E-state index contributed by atoms with van der Waals surface area (Å²) >= 11 is 0. The van der Waals surface area contributed by atoms with Crippen molar-refractivity contribution in [2.75, 3.05) is 26.2 Å². The third kappa shape index (κ3) is 3.60. The Balaban J connectivity index is 1.93. The van der Waals surface area contributed by atoms with Crippen molar-refractivity contribution < 1.29 is 9.84 Å². The normalized spacial score (nSPS) is 37.4. The summed E-state index contributed by atoms with van der Waals surface area (Å²) in [4.78, 5) is 6.61. The minimum Gasteiger partial charge on any atom is -0.392 e. The SMILES string of the molecule is CC1CN(C(N)=NCC2(C)CCCCC2O)CCO1. The molecule has 19 heavy (non-hydrogen) atoms. The molecule has 3 atom stereocenters. The van der Waals surface area contributed by atoms with Gasteiger partial charge in [0.05, 0.1) is 25.4 Å². The maximum atomic E-state index is 10.1. The molecule has 0 aromatic carbocycles. The van der Waals surface area contributed by atoms with Crippen LogP contribution in [0, 0.1) is 5.41 Å². The van der Waals surface area contributed by atoms with Gasteiger partial charge in [-0.15, -0.1) is 0 Å². The Hall–Kier alpha value is -0.810. The minimum atomic E-state index is -0.249. The van der Waals surface area contributed by atoms with Gasteiger partial charge in [0.25, 0.3) is 0 Å². The Morgan fingerprint density at radius 3 is 3.00 bits per heavy atom. The van der Waals surface area contributed by atoms with Crippen LogP contribution < -0.4 is 5.73 Å². The maximum absolute atomic E-state index is 10.1. The quantitative estimate of drug-likeness (QED) is 0.579. The van der Waals surface area contributed by atoms with Gasteiger partial charge in [-0.1, -0.05) is 19.8 Å². The molecule has 0 radical (unpaired) electrons. The highest BCUT2D eigenvalue weighted by Crippen LogP contribution is 2.36. The predicted octanol–water partition coefficient (Wildman–Crippen LogP) is 0.963. The van der Waals surface area contributed by atoms with Gasteiger partial charge >= 0.3 is 0 Å². The second-order valence-electron chi connectivity index (χ2n) is 6.22. The van der Waals surface area contributed by atoms with Crippen molar-refractivity contribution in [3.05, 3.63) is 0 Å². The minimum absolute atomic E-state index is 0.110. The zero-order valence-electron chi connectivity index (χ0n) is 12.1. The van der Waals surface area contributed by atoms with Crippen LogP contribution in [0.1, 0.15) is 39.5 Å². The van der Waals surface area contributed by atoms with Crippen LogP contribution in [-0.4, -0.2) is 54.4 Å². The van der Waals surface area contributed by atoms with Gasteiger partial charge in [0.1, 0.15) is 0 Å². The van der Waals surface area contributed by atoms with E-state index < -0.39 is 0 Å². The Labute approximate surface area is 115 Å². The van der Waals surface area contributed by atoms with Crippen molar-refractivity contribution in [3.8, 4) is 0 Å². The molecule has 1 saturated heterocycles. The number of nitrogens with zero attached hydrogens (tertiary/aromatic N) is 2. The Bertz CT molecular complexity index is 335. The molecule has 1 heterocycles. The molecule has 3 N–H and O–H groups in total. The smallest absolute Gasteiger partial charge is 0.191 e. The molecule has 5 heteroatoms.